The van der Waals surface area contributed by atoms with E-state index in [9.17, 15) is 10.0 Å². The smallest absolute Gasteiger partial charge is 0.488 e. The molecule has 3 aromatic rings. The molecule has 0 unspecified atom stereocenters. The second kappa shape index (κ2) is 6.55. The van der Waals surface area contributed by atoms with E-state index in [0.29, 0.717) is 5.46 Å². The predicted octanol–water partition coefficient (Wildman–Crippen LogP) is 3.49. The van der Waals surface area contributed by atoms with Crippen molar-refractivity contribution in [1.82, 2.24) is 0 Å². The Kier molecular flexibility index (Phi) is 4.59. The van der Waals surface area contributed by atoms with Gasteiger partial charge in [-0.15, -0.1) is 0 Å². The minimum Gasteiger partial charge on any atom is -0.496 e. The van der Waals surface area contributed by atoms with Crippen molar-refractivity contribution in [3.63, 3.8) is 0 Å². The number of methoxy groups -OCH3 is 1. The first-order valence-electron chi connectivity index (χ1n) is 8.38. The zero-order valence-electron chi connectivity index (χ0n) is 15.1. The summed E-state index contributed by atoms with van der Waals surface area (Å²) in [5.41, 5.74) is 3.92. The fourth-order valence-corrected chi connectivity index (χ4v) is 3.08. The van der Waals surface area contributed by atoms with E-state index in [1.165, 1.54) is 5.56 Å². The standard InChI is InChI=1S/C21H23BO3/c1-21(2,3)19-13-17(8-10-20(19)25-4)14-5-6-16-12-18(22(23)24)9-7-15(16)11-14/h5-13,23-24H,1-4H3. The quantitative estimate of drug-likeness (QED) is 0.721. The highest BCUT2D eigenvalue weighted by molar-refractivity contribution is 6.58. The van der Waals surface area contributed by atoms with E-state index in [4.69, 9.17) is 4.74 Å². The van der Waals surface area contributed by atoms with Gasteiger partial charge in [-0.05, 0) is 51.0 Å². The van der Waals surface area contributed by atoms with Gasteiger partial charge in [0, 0.05) is 5.56 Å². The van der Waals surface area contributed by atoms with E-state index < -0.39 is 7.12 Å². The molecule has 0 aromatic heterocycles. The maximum Gasteiger partial charge on any atom is 0.488 e. The molecule has 0 radical (unpaired) electrons. The number of rotatable bonds is 3. The average molecular weight is 334 g/mol. The summed E-state index contributed by atoms with van der Waals surface area (Å²) in [5, 5.41) is 20.7. The Morgan fingerprint density at radius 3 is 2.04 bits per heavy atom. The van der Waals surface area contributed by atoms with E-state index in [1.807, 2.05) is 18.2 Å². The fraction of sp³-hybridized carbons (Fsp3) is 0.238. The highest BCUT2D eigenvalue weighted by atomic mass is 16.5. The summed E-state index contributed by atoms with van der Waals surface area (Å²) in [6, 6.07) is 17.9. The molecule has 0 fully saturated rings. The summed E-state index contributed by atoms with van der Waals surface area (Å²) < 4.78 is 5.52. The van der Waals surface area contributed by atoms with Crippen molar-refractivity contribution in [2.45, 2.75) is 26.2 Å². The largest absolute Gasteiger partial charge is 0.496 e. The second-order valence-electron chi connectivity index (χ2n) is 7.36. The average Bonchev–Trinajstić information content (AvgIpc) is 2.59. The molecular formula is C21H23BO3. The van der Waals surface area contributed by atoms with Gasteiger partial charge in [0.1, 0.15) is 5.75 Å². The SMILES string of the molecule is COc1ccc(-c2ccc3cc(B(O)O)ccc3c2)cc1C(C)(C)C. The Balaban J connectivity index is 2.09. The Hall–Kier alpha value is -2.30. The first kappa shape index (κ1) is 17.5. The van der Waals surface area contributed by atoms with Gasteiger partial charge in [0.2, 0.25) is 0 Å². The van der Waals surface area contributed by atoms with Crippen LogP contribution in [0.4, 0.5) is 0 Å². The Morgan fingerprint density at radius 1 is 0.800 bits per heavy atom. The molecule has 3 rings (SSSR count). The lowest BCUT2D eigenvalue weighted by Gasteiger charge is -2.23. The summed E-state index contributed by atoms with van der Waals surface area (Å²) in [5.74, 6) is 0.901. The van der Waals surface area contributed by atoms with Gasteiger partial charge in [0.25, 0.3) is 0 Å². The number of ether oxygens (including phenoxy) is 1. The Morgan fingerprint density at radius 2 is 1.40 bits per heavy atom. The van der Waals surface area contributed by atoms with E-state index in [2.05, 4.69) is 45.0 Å². The number of hydrogen-bond donors (Lipinski definition) is 2. The van der Waals surface area contributed by atoms with Crippen LogP contribution in [0.25, 0.3) is 21.9 Å². The first-order valence-corrected chi connectivity index (χ1v) is 8.38. The molecule has 0 saturated heterocycles. The molecule has 0 saturated carbocycles. The van der Waals surface area contributed by atoms with Gasteiger partial charge < -0.3 is 14.8 Å². The van der Waals surface area contributed by atoms with Crippen molar-refractivity contribution in [2.75, 3.05) is 7.11 Å². The summed E-state index contributed by atoms with van der Waals surface area (Å²) in [7, 11) is 0.257. The third kappa shape index (κ3) is 3.55. The van der Waals surface area contributed by atoms with Gasteiger partial charge in [-0.25, -0.2) is 0 Å². The van der Waals surface area contributed by atoms with Crippen molar-refractivity contribution in [3.8, 4) is 16.9 Å². The molecule has 4 heteroatoms. The van der Waals surface area contributed by atoms with Gasteiger partial charge >= 0.3 is 7.12 Å². The molecule has 0 bridgehead atoms. The zero-order chi connectivity index (χ0) is 18.2. The molecule has 0 atom stereocenters. The molecule has 0 aliphatic carbocycles. The van der Waals surface area contributed by atoms with Crippen molar-refractivity contribution < 1.29 is 14.8 Å². The molecule has 0 aliphatic heterocycles. The molecular weight excluding hydrogens is 311 g/mol. The lowest BCUT2D eigenvalue weighted by atomic mass is 9.79. The van der Waals surface area contributed by atoms with E-state index in [-0.39, 0.29) is 5.41 Å². The van der Waals surface area contributed by atoms with Crippen molar-refractivity contribution >= 4 is 23.4 Å². The van der Waals surface area contributed by atoms with Gasteiger partial charge in [-0.3, -0.25) is 0 Å². The van der Waals surface area contributed by atoms with Crippen molar-refractivity contribution in [3.05, 3.63) is 60.2 Å². The van der Waals surface area contributed by atoms with E-state index >= 15 is 0 Å². The van der Waals surface area contributed by atoms with E-state index in [0.717, 1.165) is 27.6 Å². The van der Waals surface area contributed by atoms with Crippen LogP contribution in [-0.4, -0.2) is 24.3 Å². The van der Waals surface area contributed by atoms with Crippen LogP contribution in [0.2, 0.25) is 0 Å². The molecule has 0 heterocycles. The van der Waals surface area contributed by atoms with Gasteiger partial charge in [-0.1, -0.05) is 57.2 Å². The van der Waals surface area contributed by atoms with Crippen LogP contribution in [0.15, 0.2) is 54.6 Å². The fourth-order valence-electron chi connectivity index (χ4n) is 3.08. The van der Waals surface area contributed by atoms with Crippen molar-refractivity contribution in [2.24, 2.45) is 0 Å². The lowest BCUT2D eigenvalue weighted by Crippen LogP contribution is -2.29. The third-order valence-corrected chi connectivity index (χ3v) is 4.50. The normalized spacial score (nSPS) is 11.6. The van der Waals surface area contributed by atoms with Crippen LogP contribution >= 0.6 is 0 Å². The van der Waals surface area contributed by atoms with Crippen LogP contribution in [0, 0.1) is 0 Å². The van der Waals surface area contributed by atoms with Crippen LogP contribution in [0.3, 0.4) is 0 Å². The summed E-state index contributed by atoms with van der Waals surface area (Å²) in [4.78, 5) is 0. The molecule has 0 spiro atoms. The van der Waals surface area contributed by atoms with Crippen molar-refractivity contribution in [1.29, 1.82) is 0 Å². The highest BCUT2D eigenvalue weighted by Gasteiger charge is 2.19. The summed E-state index contributed by atoms with van der Waals surface area (Å²) >= 11 is 0. The number of fused-ring (bicyclic) bond motifs is 1. The molecule has 2 N–H and O–H groups in total. The highest BCUT2D eigenvalue weighted by Crippen LogP contribution is 2.35. The minimum atomic E-state index is -1.44. The number of hydrogen-bond acceptors (Lipinski definition) is 3. The monoisotopic (exact) mass is 334 g/mol. The molecule has 3 nitrogen and oxygen atoms in total. The first-order chi connectivity index (χ1) is 11.8. The predicted molar refractivity (Wildman–Crippen MR) is 104 cm³/mol. The molecule has 128 valence electrons. The van der Waals surface area contributed by atoms with Crippen LogP contribution in [0.1, 0.15) is 26.3 Å². The summed E-state index contributed by atoms with van der Waals surface area (Å²) in [6.45, 7) is 6.53. The Bertz CT molecular complexity index is 911. The minimum absolute atomic E-state index is 0.00956. The second-order valence-corrected chi connectivity index (χ2v) is 7.36. The molecule has 0 amide bonds. The van der Waals surface area contributed by atoms with Crippen LogP contribution in [0.5, 0.6) is 5.75 Å². The van der Waals surface area contributed by atoms with Gasteiger partial charge in [0.15, 0.2) is 0 Å². The summed E-state index contributed by atoms with van der Waals surface area (Å²) in [6.07, 6.45) is 0. The topological polar surface area (TPSA) is 49.7 Å². The molecule has 3 aromatic carbocycles. The Labute approximate surface area is 149 Å². The molecule has 0 aliphatic rings. The van der Waals surface area contributed by atoms with Gasteiger partial charge in [0.05, 0.1) is 7.11 Å². The lowest BCUT2D eigenvalue weighted by molar-refractivity contribution is 0.397. The van der Waals surface area contributed by atoms with Crippen LogP contribution in [-0.2, 0) is 5.41 Å². The molecule has 25 heavy (non-hydrogen) atoms. The number of benzene rings is 3. The van der Waals surface area contributed by atoms with E-state index in [1.54, 1.807) is 19.2 Å². The zero-order valence-corrected chi connectivity index (χ0v) is 15.1. The maximum absolute atomic E-state index is 9.32. The van der Waals surface area contributed by atoms with Crippen LogP contribution < -0.4 is 10.2 Å². The maximum atomic E-state index is 9.32. The third-order valence-electron chi connectivity index (χ3n) is 4.50. The van der Waals surface area contributed by atoms with Gasteiger partial charge in [-0.2, -0.15) is 0 Å².